The highest BCUT2D eigenvalue weighted by Crippen LogP contribution is 2.32. The third kappa shape index (κ3) is 2.54. The maximum Gasteiger partial charge on any atom is 0.299 e. The molecule has 2 heterocycles. The predicted octanol–water partition coefficient (Wildman–Crippen LogP) is 0.826. The number of carbonyl (C=O) groups is 2. The number of hydrogen-bond donors (Lipinski definition) is 0. The third-order valence-corrected chi connectivity index (χ3v) is 3.73. The number of amides is 1. The lowest BCUT2D eigenvalue weighted by Crippen LogP contribution is -2.43. The Morgan fingerprint density at radius 2 is 1.81 bits per heavy atom. The Hall–Kier alpha value is -1.86. The fraction of sp³-hybridized carbons (Fsp3) is 0.429. The lowest BCUT2D eigenvalue weighted by Gasteiger charge is -2.28. The molecular weight excluding hydrogens is 282 g/mol. The first-order chi connectivity index (χ1) is 10.1. The van der Waals surface area contributed by atoms with Crippen molar-refractivity contribution in [1.29, 1.82) is 0 Å². The largest absolute Gasteiger partial charge is 0.379 e. The maximum absolute atomic E-state index is 13.9. The topological polar surface area (TPSA) is 49.9 Å². The lowest BCUT2D eigenvalue weighted by atomic mass is 10.1. The Morgan fingerprint density at radius 3 is 2.52 bits per heavy atom. The molecule has 0 saturated carbocycles. The highest BCUT2D eigenvalue weighted by atomic mass is 19.1. The zero-order chi connectivity index (χ0) is 15.0. The summed E-state index contributed by atoms with van der Waals surface area (Å²) in [5, 5.41) is 0. The number of carbonyl (C=O) groups excluding carboxylic acids is 2. The number of Topliss-reactive ketones (excluding diaryl/α,β-unsaturated/α-hetero) is 1. The lowest BCUT2D eigenvalue weighted by molar-refractivity contribution is -0.114. The van der Waals surface area contributed by atoms with Crippen LogP contribution in [0, 0.1) is 11.6 Å². The molecular formula is C14H14F2N2O3. The molecule has 0 atom stereocenters. The molecule has 2 aliphatic rings. The van der Waals surface area contributed by atoms with Crippen LogP contribution in [0.2, 0.25) is 0 Å². The fourth-order valence-corrected chi connectivity index (χ4v) is 2.63. The van der Waals surface area contributed by atoms with Gasteiger partial charge in [-0.3, -0.25) is 14.5 Å². The molecule has 0 spiro atoms. The van der Waals surface area contributed by atoms with Crippen molar-refractivity contribution in [3.63, 3.8) is 0 Å². The van der Waals surface area contributed by atoms with E-state index < -0.39 is 23.3 Å². The molecule has 7 heteroatoms. The van der Waals surface area contributed by atoms with Crippen molar-refractivity contribution in [3.8, 4) is 0 Å². The molecule has 1 saturated heterocycles. The Labute approximate surface area is 120 Å². The molecule has 1 amide bonds. The molecule has 1 aromatic rings. The minimum atomic E-state index is -0.883. The van der Waals surface area contributed by atoms with Crippen LogP contribution in [0.15, 0.2) is 12.1 Å². The SMILES string of the molecule is O=C1C(=O)N(CCN2CCOCC2)c2c(F)cc(F)cc21. The number of nitrogens with zero attached hydrogens (tertiary/aromatic N) is 2. The van der Waals surface area contributed by atoms with Crippen LogP contribution in [-0.2, 0) is 9.53 Å². The molecule has 21 heavy (non-hydrogen) atoms. The summed E-state index contributed by atoms with van der Waals surface area (Å²) < 4.78 is 32.3. The van der Waals surface area contributed by atoms with Gasteiger partial charge < -0.3 is 9.64 Å². The molecule has 112 valence electrons. The molecule has 0 radical (unpaired) electrons. The Kier molecular flexibility index (Phi) is 3.69. The number of morpholine rings is 1. The maximum atomic E-state index is 13.9. The summed E-state index contributed by atoms with van der Waals surface area (Å²) in [5.41, 5.74) is -0.306. The van der Waals surface area contributed by atoms with Crippen molar-refractivity contribution in [2.75, 3.05) is 44.3 Å². The summed E-state index contributed by atoms with van der Waals surface area (Å²) in [6.45, 7) is 3.40. The second-order valence-electron chi connectivity index (χ2n) is 5.02. The molecule has 0 N–H and O–H groups in total. The standard InChI is InChI=1S/C14H14F2N2O3/c15-9-7-10-12(11(16)8-9)18(14(20)13(10)19)2-1-17-3-5-21-6-4-17/h7-8H,1-6H2. The molecule has 1 fully saturated rings. The van der Waals surface area contributed by atoms with Gasteiger partial charge in [-0.15, -0.1) is 0 Å². The van der Waals surface area contributed by atoms with Crippen molar-refractivity contribution in [2.45, 2.75) is 0 Å². The normalized spacial score (nSPS) is 19.2. The van der Waals surface area contributed by atoms with E-state index >= 15 is 0 Å². The summed E-state index contributed by atoms with van der Waals surface area (Å²) >= 11 is 0. The van der Waals surface area contributed by atoms with Crippen molar-refractivity contribution < 1.29 is 23.1 Å². The van der Waals surface area contributed by atoms with Crippen LogP contribution in [-0.4, -0.2) is 56.0 Å². The van der Waals surface area contributed by atoms with E-state index in [1.165, 1.54) is 0 Å². The molecule has 5 nitrogen and oxygen atoms in total. The Bertz CT molecular complexity index is 600. The summed E-state index contributed by atoms with van der Waals surface area (Å²) in [4.78, 5) is 26.9. The molecule has 3 rings (SSSR count). The summed E-state index contributed by atoms with van der Waals surface area (Å²) in [5.74, 6) is -3.40. The van der Waals surface area contributed by atoms with Gasteiger partial charge in [0.05, 0.1) is 24.5 Å². The first-order valence-electron chi connectivity index (χ1n) is 6.73. The Balaban J connectivity index is 1.80. The fourth-order valence-electron chi connectivity index (χ4n) is 2.63. The highest BCUT2D eigenvalue weighted by molar-refractivity contribution is 6.52. The van der Waals surface area contributed by atoms with Crippen molar-refractivity contribution in [2.24, 2.45) is 0 Å². The number of hydrogen-bond acceptors (Lipinski definition) is 4. The highest BCUT2D eigenvalue weighted by Gasteiger charge is 2.38. The van der Waals surface area contributed by atoms with Gasteiger partial charge in [0.1, 0.15) is 5.82 Å². The summed E-state index contributed by atoms with van der Waals surface area (Å²) in [6, 6.07) is 1.60. The minimum absolute atomic E-state index is 0.111. The smallest absolute Gasteiger partial charge is 0.299 e. The van der Waals surface area contributed by atoms with E-state index in [0.29, 0.717) is 25.8 Å². The molecule has 0 aliphatic carbocycles. The number of ether oxygens (including phenoxy) is 1. The number of fused-ring (bicyclic) bond motifs is 1. The van der Waals surface area contributed by atoms with Gasteiger partial charge in [0, 0.05) is 32.2 Å². The van der Waals surface area contributed by atoms with E-state index in [2.05, 4.69) is 4.90 Å². The van der Waals surface area contributed by atoms with Crippen LogP contribution < -0.4 is 4.90 Å². The van der Waals surface area contributed by atoms with Gasteiger partial charge in [0.2, 0.25) is 0 Å². The number of benzene rings is 1. The van der Waals surface area contributed by atoms with Crippen molar-refractivity contribution in [3.05, 3.63) is 29.3 Å². The van der Waals surface area contributed by atoms with Gasteiger partial charge in [0.15, 0.2) is 5.82 Å². The average molecular weight is 296 g/mol. The number of rotatable bonds is 3. The van der Waals surface area contributed by atoms with Gasteiger partial charge in [-0.1, -0.05) is 0 Å². The molecule has 0 unspecified atom stereocenters. The zero-order valence-corrected chi connectivity index (χ0v) is 11.3. The zero-order valence-electron chi connectivity index (χ0n) is 11.3. The second-order valence-corrected chi connectivity index (χ2v) is 5.02. The first kappa shape index (κ1) is 14.1. The predicted molar refractivity (Wildman–Crippen MR) is 70.3 cm³/mol. The van der Waals surface area contributed by atoms with E-state index in [1.807, 2.05) is 0 Å². The summed E-state index contributed by atoms with van der Waals surface area (Å²) in [7, 11) is 0. The van der Waals surface area contributed by atoms with E-state index in [-0.39, 0.29) is 17.8 Å². The van der Waals surface area contributed by atoms with Crippen molar-refractivity contribution >= 4 is 17.4 Å². The average Bonchev–Trinajstić information content (AvgIpc) is 2.71. The number of anilines is 1. The van der Waals surface area contributed by atoms with Crippen LogP contribution in [0.1, 0.15) is 10.4 Å². The van der Waals surface area contributed by atoms with Gasteiger partial charge >= 0.3 is 0 Å². The Morgan fingerprint density at radius 1 is 1.10 bits per heavy atom. The quantitative estimate of drug-likeness (QED) is 0.775. The van der Waals surface area contributed by atoms with Gasteiger partial charge in [0.25, 0.3) is 11.7 Å². The van der Waals surface area contributed by atoms with Crippen LogP contribution in [0.5, 0.6) is 0 Å². The molecule has 2 aliphatic heterocycles. The van der Waals surface area contributed by atoms with E-state index in [4.69, 9.17) is 4.74 Å². The van der Waals surface area contributed by atoms with Crippen LogP contribution in [0.4, 0.5) is 14.5 Å². The van der Waals surface area contributed by atoms with Crippen LogP contribution in [0.25, 0.3) is 0 Å². The van der Waals surface area contributed by atoms with Gasteiger partial charge in [-0.25, -0.2) is 8.78 Å². The van der Waals surface area contributed by atoms with Crippen LogP contribution in [0.3, 0.4) is 0 Å². The third-order valence-electron chi connectivity index (χ3n) is 3.73. The van der Waals surface area contributed by atoms with E-state index in [9.17, 15) is 18.4 Å². The van der Waals surface area contributed by atoms with E-state index in [0.717, 1.165) is 24.1 Å². The van der Waals surface area contributed by atoms with Crippen molar-refractivity contribution in [1.82, 2.24) is 4.90 Å². The van der Waals surface area contributed by atoms with Gasteiger partial charge in [-0.05, 0) is 6.07 Å². The van der Waals surface area contributed by atoms with Gasteiger partial charge in [-0.2, -0.15) is 0 Å². The monoisotopic (exact) mass is 296 g/mol. The second kappa shape index (κ2) is 5.50. The minimum Gasteiger partial charge on any atom is -0.379 e. The van der Waals surface area contributed by atoms with E-state index in [1.54, 1.807) is 0 Å². The van der Waals surface area contributed by atoms with Crippen LogP contribution >= 0.6 is 0 Å². The number of halogens is 2. The number of ketones is 1. The molecule has 0 aromatic heterocycles. The summed E-state index contributed by atoms with van der Waals surface area (Å²) in [6.07, 6.45) is 0. The first-order valence-corrected chi connectivity index (χ1v) is 6.73. The molecule has 1 aromatic carbocycles. The molecule has 0 bridgehead atoms.